The van der Waals surface area contributed by atoms with Crippen LogP contribution in [0.5, 0.6) is 0 Å². The van der Waals surface area contributed by atoms with Gasteiger partial charge in [-0.05, 0) is 34.9 Å². The number of halogens is 1. The van der Waals surface area contributed by atoms with E-state index in [1.54, 1.807) is 10.7 Å². The van der Waals surface area contributed by atoms with Crippen molar-refractivity contribution in [1.82, 2.24) is 19.7 Å². The van der Waals surface area contributed by atoms with Crippen molar-refractivity contribution in [1.29, 1.82) is 0 Å². The number of aromatic nitrogens is 3. The molecular formula is C22H19FN4. The van der Waals surface area contributed by atoms with Crippen LogP contribution in [0, 0.1) is 5.82 Å². The van der Waals surface area contributed by atoms with Crippen LogP contribution < -0.4 is 0 Å². The van der Waals surface area contributed by atoms with E-state index in [4.69, 9.17) is 0 Å². The second-order valence-electron chi connectivity index (χ2n) is 7.14. The van der Waals surface area contributed by atoms with Crippen LogP contribution in [0.3, 0.4) is 0 Å². The van der Waals surface area contributed by atoms with Gasteiger partial charge < -0.3 is 0 Å². The third-order valence-electron chi connectivity index (χ3n) is 5.15. The van der Waals surface area contributed by atoms with Gasteiger partial charge in [-0.15, -0.1) is 0 Å². The first-order valence-electron chi connectivity index (χ1n) is 9.03. The minimum atomic E-state index is -0.169. The Balaban J connectivity index is 1.39. The molecule has 2 aromatic carbocycles. The van der Waals surface area contributed by atoms with Gasteiger partial charge in [-0.3, -0.25) is 14.6 Å². The van der Waals surface area contributed by atoms with Gasteiger partial charge in [0.1, 0.15) is 5.82 Å². The summed E-state index contributed by atoms with van der Waals surface area (Å²) in [6, 6.07) is 15.6. The molecule has 0 unspecified atom stereocenters. The molecule has 0 saturated heterocycles. The molecule has 0 radical (unpaired) electrons. The Morgan fingerprint density at radius 2 is 1.89 bits per heavy atom. The number of hydrogen-bond donors (Lipinski definition) is 0. The van der Waals surface area contributed by atoms with E-state index in [0.717, 1.165) is 40.8 Å². The minimum absolute atomic E-state index is 0.169. The zero-order valence-corrected chi connectivity index (χ0v) is 15.1. The molecule has 27 heavy (non-hydrogen) atoms. The monoisotopic (exact) mass is 358 g/mol. The smallest absolute Gasteiger partial charge is 0.128 e. The number of aryl methyl sites for hydroxylation is 1. The van der Waals surface area contributed by atoms with E-state index in [1.807, 2.05) is 55.8 Å². The fourth-order valence-corrected chi connectivity index (χ4v) is 3.79. The number of nitrogens with zero attached hydrogens (tertiary/aromatic N) is 4. The van der Waals surface area contributed by atoms with E-state index < -0.39 is 0 Å². The number of pyridine rings is 1. The number of benzene rings is 2. The van der Waals surface area contributed by atoms with Gasteiger partial charge in [-0.2, -0.15) is 5.10 Å². The Bertz CT molecular complexity index is 1120. The van der Waals surface area contributed by atoms with Crippen LogP contribution in [-0.2, 0) is 26.7 Å². The maximum Gasteiger partial charge on any atom is 0.128 e. The summed E-state index contributed by atoms with van der Waals surface area (Å²) >= 11 is 0. The van der Waals surface area contributed by atoms with Gasteiger partial charge in [-0.25, -0.2) is 4.39 Å². The predicted molar refractivity (Wildman–Crippen MR) is 103 cm³/mol. The van der Waals surface area contributed by atoms with E-state index >= 15 is 0 Å². The summed E-state index contributed by atoms with van der Waals surface area (Å²) in [5.41, 5.74) is 5.81. The molecule has 2 aromatic heterocycles. The van der Waals surface area contributed by atoms with Gasteiger partial charge in [0.05, 0.1) is 11.2 Å². The summed E-state index contributed by atoms with van der Waals surface area (Å²) in [6.45, 7) is 2.18. The molecule has 5 rings (SSSR count). The maximum absolute atomic E-state index is 14.8. The maximum atomic E-state index is 14.8. The van der Waals surface area contributed by atoms with Crippen LogP contribution in [0.1, 0.15) is 16.8 Å². The van der Waals surface area contributed by atoms with Crippen molar-refractivity contribution in [3.63, 3.8) is 0 Å². The molecule has 0 aliphatic carbocycles. The molecule has 0 atom stereocenters. The summed E-state index contributed by atoms with van der Waals surface area (Å²) in [5.74, 6) is -0.169. The normalized spacial score (nSPS) is 14.0. The van der Waals surface area contributed by atoms with Crippen molar-refractivity contribution in [3.8, 4) is 11.1 Å². The Morgan fingerprint density at radius 1 is 1.04 bits per heavy atom. The molecule has 1 aliphatic rings. The molecule has 134 valence electrons. The Labute approximate surface area is 156 Å². The van der Waals surface area contributed by atoms with E-state index in [2.05, 4.69) is 21.0 Å². The SMILES string of the molecule is Cn1cc2ccc(-c3ccc(CN4Cc5cccnc5C4)c(F)c3)cc2n1. The standard InChI is InChI=1S/C22H19FN4/c1-26-11-19-7-5-16(10-21(19)25-26)15-4-6-17(20(23)9-15)12-27-13-18-3-2-8-24-22(18)14-27/h2-11H,12-14H2,1H3. The highest BCUT2D eigenvalue weighted by molar-refractivity contribution is 5.83. The van der Waals surface area contributed by atoms with Crippen molar-refractivity contribution in [3.05, 3.63) is 83.6 Å². The predicted octanol–water partition coefficient (Wildman–Crippen LogP) is 4.29. The van der Waals surface area contributed by atoms with Gasteiger partial charge in [0, 0.05) is 50.0 Å². The van der Waals surface area contributed by atoms with E-state index in [-0.39, 0.29) is 5.82 Å². The van der Waals surface area contributed by atoms with Crippen molar-refractivity contribution >= 4 is 10.9 Å². The van der Waals surface area contributed by atoms with E-state index in [1.165, 1.54) is 5.56 Å². The molecule has 0 bridgehead atoms. The quantitative estimate of drug-likeness (QED) is 0.548. The molecule has 0 N–H and O–H groups in total. The molecule has 0 spiro atoms. The van der Waals surface area contributed by atoms with Gasteiger partial charge in [0.25, 0.3) is 0 Å². The van der Waals surface area contributed by atoms with Crippen molar-refractivity contribution in [2.75, 3.05) is 0 Å². The fourth-order valence-electron chi connectivity index (χ4n) is 3.79. The molecule has 5 heteroatoms. The van der Waals surface area contributed by atoms with Crippen LogP contribution in [0.25, 0.3) is 22.0 Å². The highest BCUT2D eigenvalue weighted by Gasteiger charge is 2.20. The minimum Gasteiger partial charge on any atom is -0.289 e. The van der Waals surface area contributed by atoms with Gasteiger partial charge in [-0.1, -0.05) is 30.3 Å². The molecule has 4 nitrogen and oxygen atoms in total. The van der Waals surface area contributed by atoms with Crippen LogP contribution in [-0.4, -0.2) is 19.7 Å². The lowest BCUT2D eigenvalue weighted by molar-refractivity contribution is 0.270. The third kappa shape index (κ3) is 3.00. The van der Waals surface area contributed by atoms with Crippen LogP contribution in [0.2, 0.25) is 0 Å². The van der Waals surface area contributed by atoms with Gasteiger partial charge >= 0.3 is 0 Å². The Morgan fingerprint density at radius 3 is 2.74 bits per heavy atom. The summed E-state index contributed by atoms with van der Waals surface area (Å²) in [5, 5.41) is 5.52. The lowest BCUT2D eigenvalue weighted by Crippen LogP contribution is -2.16. The first kappa shape index (κ1) is 16.1. The molecule has 0 fully saturated rings. The van der Waals surface area contributed by atoms with Crippen molar-refractivity contribution in [2.45, 2.75) is 19.6 Å². The number of rotatable bonds is 3. The highest BCUT2D eigenvalue weighted by atomic mass is 19.1. The summed E-state index contributed by atoms with van der Waals surface area (Å²) in [7, 11) is 1.90. The van der Waals surface area contributed by atoms with E-state index in [0.29, 0.717) is 12.1 Å². The van der Waals surface area contributed by atoms with Crippen LogP contribution in [0.4, 0.5) is 4.39 Å². The third-order valence-corrected chi connectivity index (χ3v) is 5.15. The average molecular weight is 358 g/mol. The summed E-state index contributed by atoms with van der Waals surface area (Å²) < 4.78 is 16.6. The number of fused-ring (bicyclic) bond motifs is 2. The Kier molecular flexibility index (Phi) is 3.76. The summed E-state index contributed by atoms with van der Waals surface area (Å²) in [4.78, 5) is 6.63. The van der Waals surface area contributed by atoms with E-state index in [9.17, 15) is 4.39 Å². The molecule has 3 heterocycles. The molecule has 4 aromatic rings. The first-order valence-corrected chi connectivity index (χ1v) is 9.03. The van der Waals surface area contributed by atoms with Gasteiger partial charge in [0.15, 0.2) is 0 Å². The molecule has 0 saturated carbocycles. The lowest BCUT2D eigenvalue weighted by atomic mass is 10.0. The molecular weight excluding hydrogens is 339 g/mol. The molecule has 1 aliphatic heterocycles. The topological polar surface area (TPSA) is 34.0 Å². The van der Waals surface area contributed by atoms with Crippen LogP contribution in [0.15, 0.2) is 60.9 Å². The largest absolute Gasteiger partial charge is 0.289 e. The van der Waals surface area contributed by atoms with Crippen molar-refractivity contribution < 1.29 is 4.39 Å². The van der Waals surface area contributed by atoms with Gasteiger partial charge in [0.2, 0.25) is 0 Å². The second kappa shape index (κ2) is 6.28. The highest BCUT2D eigenvalue weighted by Crippen LogP contribution is 2.27. The second-order valence-corrected chi connectivity index (χ2v) is 7.14. The lowest BCUT2D eigenvalue weighted by Gasteiger charge is -2.15. The molecule has 0 amide bonds. The van der Waals surface area contributed by atoms with Crippen LogP contribution >= 0.6 is 0 Å². The fraction of sp³-hybridized carbons (Fsp3) is 0.182. The first-order chi connectivity index (χ1) is 13.2. The zero-order valence-electron chi connectivity index (χ0n) is 15.1. The van der Waals surface area contributed by atoms with Crippen molar-refractivity contribution in [2.24, 2.45) is 7.05 Å². The summed E-state index contributed by atoms with van der Waals surface area (Å²) in [6.07, 6.45) is 3.79. The Hall–Kier alpha value is -3.05. The zero-order chi connectivity index (χ0) is 18.4. The number of hydrogen-bond acceptors (Lipinski definition) is 3. The average Bonchev–Trinajstić information content (AvgIpc) is 3.24.